The number of methoxy groups -OCH3 is 1. The number of pyridine rings is 1. The van der Waals surface area contributed by atoms with E-state index < -0.39 is 18.1 Å². The Morgan fingerprint density at radius 3 is 2.29 bits per heavy atom. The predicted molar refractivity (Wildman–Crippen MR) is 114 cm³/mol. The van der Waals surface area contributed by atoms with Crippen LogP contribution >= 0.6 is 0 Å². The van der Waals surface area contributed by atoms with Gasteiger partial charge in [-0.3, -0.25) is 10.1 Å². The van der Waals surface area contributed by atoms with E-state index in [0.29, 0.717) is 18.8 Å². The van der Waals surface area contributed by atoms with Gasteiger partial charge in [0.05, 0.1) is 12.8 Å². The summed E-state index contributed by atoms with van der Waals surface area (Å²) in [6.45, 7) is 5.75. The molecule has 2 rings (SSSR count). The van der Waals surface area contributed by atoms with Crippen molar-refractivity contribution in [2.24, 2.45) is 10.2 Å². The molecule has 0 saturated carbocycles. The number of amides is 3. The summed E-state index contributed by atoms with van der Waals surface area (Å²) >= 11 is 0. The molecular weight excluding hydrogens is 404 g/mol. The second kappa shape index (κ2) is 11.2. The third kappa shape index (κ3) is 6.77. The van der Waals surface area contributed by atoms with E-state index in [9.17, 15) is 14.4 Å². The van der Waals surface area contributed by atoms with Crippen LogP contribution in [0.4, 0.5) is 32.6 Å². The van der Waals surface area contributed by atoms with Gasteiger partial charge in [-0.2, -0.15) is 5.11 Å². The molecule has 0 radical (unpaired) electrons. The van der Waals surface area contributed by atoms with Crippen LogP contribution < -0.4 is 15.4 Å². The van der Waals surface area contributed by atoms with Gasteiger partial charge in [-0.15, -0.1) is 5.11 Å². The molecule has 164 valence electrons. The highest BCUT2D eigenvalue weighted by Crippen LogP contribution is 2.35. The number of benzene rings is 1. The number of hydrogen-bond acceptors (Lipinski definition) is 8. The van der Waals surface area contributed by atoms with Gasteiger partial charge in [-0.1, -0.05) is 18.2 Å². The summed E-state index contributed by atoms with van der Waals surface area (Å²) in [5.41, 5.74) is 0.643. The Morgan fingerprint density at radius 2 is 1.71 bits per heavy atom. The van der Waals surface area contributed by atoms with Crippen LogP contribution in [0.1, 0.15) is 20.8 Å². The van der Waals surface area contributed by atoms with E-state index in [0.717, 1.165) is 0 Å². The summed E-state index contributed by atoms with van der Waals surface area (Å²) in [6.07, 6.45) is -1.43. The normalized spacial score (nSPS) is 10.5. The predicted octanol–water partition coefficient (Wildman–Crippen LogP) is 4.47. The van der Waals surface area contributed by atoms with Crippen LogP contribution in [-0.4, -0.2) is 48.2 Å². The molecule has 2 N–H and O–H groups in total. The molecule has 1 aromatic carbocycles. The minimum atomic E-state index is -0.801. The van der Waals surface area contributed by atoms with E-state index in [4.69, 9.17) is 4.74 Å². The van der Waals surface area contributed by atoms with Crippen LogP contribution in [0, 0.1) is 0 Å². The van der Waals surface area contributed by atoms with Crippen molar-refractivity contribution in [1.82, 2.24) is 9.88 Å². The molecule has 0 fully saturated rings. The number of carbonyl (C=O) groups is 3. The summed E-state index contributed by atoms with van der Waals surface area (Å²) in [6, 6.07) is 10.2. The average molecular weight is 428 g/mol. The van der Waals surface area contributed by atoms with Crippen molar-refractivity contribution in [3.05, 3.63) is 36.4 Å². The Balaban J connectivity index is 2.53. The highest BCUT2D eigenvalue weighted by atomic mass is 16.6. The Hall–Kier alpha value is -4.02. The molecule has 1 heterocycles. The fourth-order valence-corrected chi connectivity index (χ4v) is 2.38. The molecule has 31 heavy (non-hydrogen) atoms. The molecule has 0 atom stereocenters. The SMILES string of the molecule is CCN(CC)C(=O)Oc1cc(/N=N/c2ccccc2)c(NC(=O)OC)nc1NC(C)=O. The zero-order chi connectivity index (χ0) is 22.8. The zero-order valence-electron chi connectivity index (χ0n) is 17.7. The second-order valence-electron chi connectivity index (χ2n) is 6.08. The lowest BCUT2D eigenvalue weighted by atomic mass is 10.3. The van der Waals surface area contributed by atoms with Gasteiger partial charge in [0, 0.05) is 26.1 Å². The fraction of sp³-hybridized carbons (Fsp3) is 0.300. The zero-order valence-corrected chi connectivity index (χ0v) is 17.7. The average Bonchev–Trinajstić information content (AvgIpc) is 2.75. The molecule has 3 amide bonds. The van der Waals surface area contributed by atoms with Crippen LogP contribution in [0.25, 0.3) is 0 Å². The first-order chi connectivity index (χ1) is 14.9. The molecule has 1 aromatic heterocycles. The smallest absolute Gasteiger partial charge is 0.415 e. The molecule has 0 saturated heterocycles. The van der Waals surface area contributed by atoms with Gasteiger partial charge in [-0.05, 0) is 26.0 Å². The topological polar surface area (TPSA) is 135 Å². The van der Waals surface area contributed by atoms with Gasteiger partial charge in [-0.25, -0.2) is 14.6 Å². The van der Waals surface area contributed by atoms with E-state index >= 15 is 0 Å². The van der Waals surface area contributed by atoms with Crippen molar-refractivity contribution in [1.29, 1.82) is 0 Å². The first kappa shape index (κ1) is 23.3. The Morgan fingerprint density at radius 1 is 1.03 bits per heavy atom. The summed E-state index contributed by atoms with van der Waals surface area (Å²) in [7, 11) is 1.19. The second-order valence-corrected chi connectivity index (χ2v) is 6.08. The molecule has 0 bridgehead atoms. The minimum Gasteiger partial charge on any atom is -0.453 e. The summed E-state index contributed by atoms with van der Waals surface area (Å²) in [5.74, 6) is -0.615. The molecule has 0 aliphatic heterocycles. The standard InChI is InChI=1S/C20H24N6O5/c1-5-26(6-2)20(29)31-16-12-15(25-24-14-10-8-7-9-11-14)17(23-19(28)30-4)22-18(16)21-13(3)27/h7-12H,5-6H2,1-4H3,(H2,21,22,23,27,28)/b25-24+. The quantitative estimate of drug-likeness (QED) is 0.625. The number of aromatic nitrogens is 1. The number of hydrogen-bond donors (Lipinski definition) is 2. The van der Waals surface area contributed by atoms with E-state index in [1.165, 1.54) is 25.0 Å². The molecule has 0 spiro atoms. The van der Waals surface area contributed by atoms with Crippen LogP contribution in [0.3, 0.4) is 0 Å². The van der Waals surface area contributed by atoms with Gasteiger partial charge in [0.2, 0.25) is 5.91 Å². The fourth-order valence-electron chi connectivity index (χ4n) is 2.38. The number of ether oxygens (including phenoxy) is 2. The van der Waals surface area contributed by atoms with Crippen molar-refractivity contribution in [3.63, 3.8) is 0 Å². The highest BCUT2D eigenvalue weighted by molar-refractivity contribution is 5.93. The lowest BCUT2D eigenvalue weighted by Crippen LogP contribution is -2.33. The van der Waals surface area contributed by atoms with Crippen molar-refractivity contribution in [3.8, 4) is 5.75 Å². The van der Waals surface area contributed by atoms with E-state index in [1.807, 2.05) is 6.07 Å². The van der Waals surface area contributed by atoms with Gasteiger partial charge in [0.1, 0.15) is 5.69 Å². The molecule has 11 heteroatoms. The van der Waals surface area contributed by atoms with Crippen LogP contribution in [0.5, 0.6) is 5.75 Å². The first-order valence-corrected chi connectivity index (χ1v) is 9.49. The first-order valence-electron chi connectivity index (χ1n) is 9.49. The summed E-state index contributed by atoms with van der Waals surface area (Å²) < 4.78 is 10.0. The van der Waals surface area contributed by atoms with Crippen molar-refractivity contribution in [2.45, 2.75) is 20.8 Å². The monoisotopic (exact) mass is 428 g/mol. The van der Waals surface area contributed by atoms with E-state index in [2.05, 4.69) is 30.6 Å². The van der Waals surface area contributed by atoms with Crippen LogP contribution in [-0.2, 0) is 9.53 Å². The molecule has 0 unspecified atom stereocenters. The largest absolute Gasteiger partial charge is 0.453 e. The molecule has 0 aliphatic rings. The lowest BCUT2D eigenvalue weighted by molar-refractivity contribution is -0.114. The maximum Gasteiger partial charge on any atom is 0.415 e. The number of nitrogens with one attached hydrogen (secondary N) is 2. The molecule has 2 aromatic rings. The van der Waals surface area contributed by atoms with Gasteiger partial charge in [0.25, 0.3) is 0 Å². The highest BCUT2D eigenvalue weighted by Gasteiger charge is 2.20. The Labute approximate surface area is 179 Å². The Bertz CT molecular complexity index is 960. The maximum atomic E-state index is 12.4. The van der Waals surface area contributed by atoms with Gasteiger partial charge in [0.15, 0.2) is 17.4 Å². The maximum absolute atomic E-state index is 12.4. The summed E-state index contributed by atoms with van der Waals surface area (Å²) in [4.78, 5) is 41.4. The molecule has 0 aliphatic carbocycles. The number of carbonyl (C=O) groups excluding carboxylic acids is 3. The van der Waals surface area contributed by atoms with Crippen LogP contribution in [0.2, 0.25) is 0 Å². The summed E-state index contributed by atoms with van der Waals surface area (Å²) in [5, 5.41) is 13.1. The van der Waals surface area contributed by atoms with Crippen molar-refractivity contribution >= 4 is 41.1 Å². The third-order valence-corrected chi connectivity index (χ3v) is 3.92. The van der Waals surface area contributed by atoms with Crippen LogP contribution in [0.15, 0.2) is 46.6 Å². The minimum absolute atomic E-state index is 0.0436. The third-order valence-electron chi connectivity index (χ3n) is 3.92. The van der Waals surface area contributed by atoms with E-state index in [-0.39, 0.29) is 23.1 Å². The Kier molecular flexibility index (Phi) is 8.43. The lowest BCUT2D eigenvalue weighted by Gasteiger charge is -2.19. The van der Waals surface area contributed by atoms with Crippen molar-refractivity contribution in [2.75, 3.05) is 30.8 Å². The van der Waals surface area contributed by atoms with Gasteiger partial charge < -0.3 is 19.7 Å². The number of nitrogens with zero attached hydrogens (tertiary/aromatic N) is 4. The molecule has 11 nitrogen and oxygen atoms in total. The number of anilines is 2. The van der Waals surface area contributed by atoms with Gasteiger partial charge >= 0.3 is 12.2 Å². The number of azo groups is 1. The molecular formula is C20H24N6O5. The van der Waals surface area contributed by atoms with E-state index in [1.54, 1.807) is 38.1 Å². The number of rotatable bonds is 7. The van der Waals surface area contributed by atoms with Crippen molar-refractivity contribution < 1.29 is 23.9 Å².